The fourth-order valence-corrected chi connectivity index (χ4v) is 5.14. The minimum absolute atomic E-state index is 0.156. The number of thioether (sulfide) groups is 1. The van der Waals surface area contributed by atoms with Crippen molar-refractivity contribution in [3.63, 3.8) is 0 Å². The lowest BCUT2D eigenvalue weighted by Gasteiger charge is -2.33. The highest BCUT2D eigenvalue weighted by molar-refractivity contribution is 7.99. The van der Waals surface area contributed by atoms with Gasteiger partial charge in [-0.15, -0.1) is 6.58 Å². The van der Waals surface area contributed by atoms with E-state index in [-0.39, 0.29) is 17.9 Å². The molecule has 2 aromatic rings. The molecule has 1 saturated carbocycles. The molecule has 2 heterocycles. The van der Waals surface area contributed by atoms with Crippen molar-refractivity contribution in [1.82, 2.24) is 25.3 Å². The number of carbonyl (C=O) groups excluding carboxylic acids is 3. The summed E-state index contributed by atoms with van der Waals surface area (Å²) in [5.41, 5.74) is 1.60. The Bertz CT molecular complexity index is 1210. The Morgan fingerprint density at radius 3 is 2.79 bits per heavy atom. The molecule has 0 radical (unpaired) electrons. The Morgan fingerprint density at radius 1 is 1.36 bits per heavy atom. The first-order valence-corrected chi connectivity index (χ1v) is 12.0. The summed E-state index contributed by atoms with van der Waals surface area (Å²) in [5.74, 6) is -0.649. The van der Waals surface area contributed by atoms with Crippen LogP contribution in [-0.4, -0.2) is 43.7 Å². The fourth-order valence-electron chi connectivity index (χ4n) is 4.18. The lowest BCUT2D eigenvalue weighted by atomic mass is 9.77. The molecule has 33 heavy (non-hydrogen) atoms. The van der Waals surface area contributed by atoms with Gasteiger partial charge in [0.1, 0.15) is 5.54 Å². The summed E-state index contributed by atoms with van der Waals surface area (Å²) in [5, 5.41) is 4.68. The molecule has 1 aliphatic carbocycles. The minimum Gasteiger partial charge on any atom is -0.322 e. The van der Waals surface area contributed by atoms with Crippen LogP contribution in [0.1, 0.15) is 32.6 Å². The van der Waals surface area contributed by atoms with Gasteiger partial charge in [-0.05, 0) is 49.8 Å². The number of hydrogen-bond donors (Lipinski definition) is 2. The van der Waals surface area contributed by atoms with Crippen LogP contribution in [-0.2, 0) is 16.1 Å². The first kappa shape index (κ1) is 23.3. The first-order chi connectivity index (χ1) is 15.7. The maximum absolute atomic E-state index is 12.9. The van der Waals surface area contributed by atoms with Gasteiger partial charge in [-0.3, -0.25) is 24.4 Å². The van der Waals surface area contributed by atoms with Gasteiger partial charge < -0.3 is 5.32 Å². The summed E-state index contributed by atoms with van der Waals surface area (Å²) in [6, 6.07) is 4.17. The Balaban J connectivity index is 1.48. The quantitative estimate of drug-likeness (QED) is 0.279. The number of hydrogen-bond acceptors (Lipinski definition) is 6. The molecule has 0 bridgehead atoms. The summed E-state index contributed by atoms with van der Waals surface area (Å²) in [7, 11) is 0. The standard InChI is InChI=1S/C22H24ClN5O4S/c1-3-10-27-18(30)15-5-4-14(23)11-16(15)24-21(27)33-12-17(29)26-28-19(31)22(25-20(28)32)8-6-13(2)7-9-22/h3-5,11,13H,1,6-10,12H2,2H3,(H,25,32)(H,26,29). The average molecular weight is 490 g/mol. The number of imide groups is 1. The molecule has 174 valence electrons. The van der Waals surface area contributed by atoms with E-state index in [1.807, 2.05) is 0 Å². The van der Waals surface area contributed by atoms with E-state index < -0.39 is 23.4 Å². The summed E-state index contributed by atoms with van der Waals surface area (Å²) >= 11 is 7.06. The highest BCUT2D eigenvalue weighted by Gasteiger charge is 2.52. The molecule has 9 nitrogen and oxygen atoms in total. The number of rotatable bonds is 6. The summed E-state index contributed by atoms with van der Waals surface area (Å²) in [6.07, 6.45) is 4.34. The number of nitrogens with zero attached hydrogens (tertiary/aromatic N) is 3. The Hall–Kier alpha value is -2.85. The molecule has 1 aromatic carbocycles. The van der Waals surface area contributed by atoms with Gasteiger partial charge in [0.25, 0.3) is 11.5 Å². The lowest BCUT2D eigenvalue weighted by molar-refractivity contribution is -0.139. The van der Waals surface area contributed by atoms with Crippen LogP contribution in [0.15, 0.2) is 40.8 Å². The maximum atomic E-state index is 12.9. The van der Waals surface area contributed by atoms with Gasteiger partial charge in [-0.2, -0.15) is 5.01 Å². The number of carbonyl (C=O) groups is 3. The van der Waals surface area contributed by atoms with Gasteiger partial charge in [-0.1, -0.05) is 36.4 Å². The molecule has 1 aromatic heterocycles. The second-order valence-corrected chi connectivity index (χ2v) is 9.80. The molecule has 0 atom stereocenters. The number of fused-ring (bicyclic) bond motifs is 1. The highest BCUT2D eigenvalue weighted by atomic mass is 35.5. The number of allylic oxidation sites excluding steroid dienone is 1. The minimum atomic E-state index is -0.937. The van der Waals surface area contributed by atoms with Gasteiger partial charge in [0.15, 0.2) is 5.16 Å². The maximum Gasteiger partial charge on any atom is 0.344 e. The largest absolute Gasteiger partial charge is 0.344 e. The number of hydrazine groups is 1. The van der Waals surface area contributed by atoms with Crippen LogP contribution in [0.5, 0.6) is 0 Å². The molecule has 4 rings (SSSR count). The Morgan fingerprint density at radius 2 is 2.09 bits per heavy atom. The zero-order chi connectivity index (χ0) is 23.8. The molecular weight excluding hydrogens is 466 g/mol. The number of nitrogens with one attached hydrogen (secondary N) is 2. The number of amides is 4. The normalized spacial score (nSPS) is 22.6. The van der Waals surface area contributed by atoms with Crippen LogP contribution in [0.4, 0.5) is 4.79 Å². The second kappa shape index (κ2) is 9.18. The second-order valence-electron chi connectivity index (χ2n) is 8.42. The van der Waals surface area contributed by atoms with Crippen LogP contribution >= 0.6 is 23.4 Å². The molecule has 2 aliphatic rings. The summed E-state index contributed by atoms with van der Waals surface area (Å²) in [6.45, 7) is 6.00. The smallest absolute Gasteiger partial charge is 0.322 e. The SMILES string of the molecule is C=CCn1c(SCC(=O)NN2C(=O)NC3(CCC(C)CC3)C2=O)nc2cc(Cl)ccc2c1=O. The molecule has 11 heteroatoms. The van der Waals surface area contributed by atoms with Gasteiger partial charge >= 0.3 is 6.03 Å². The zero-order valence-electron chi connectivity index (χ0n) is 18.1. The van der Waals surface area contributed by atoms with Crippen molar-refractivity contribution in [1.29, 1.82) is 0 Å². The van der Waals surface area contributed by atoms with Gasteiger partial charge in [-0.25, -0.2) is 9.78 Å². The number of benzene rings is 1. The number of aromatic nitrogens is 2. The van der Waals surface area contributed by atoms with E-state index in [4.69, 9.17) is 11.6 Å². The van der Waals surface area contributed by atoms with E-state index in [0.717, 1.165) is 29.6 Å². The van der Waals surface area contributed by atoms with E-state index in [1.54, 1.807) is 24.3 Å². The molecular formula is C22H24ClN5O4S. The zero-order valence-corrected chi connectivity index (χ0v) is 19.7. The molecule has 1 saturated heterocycles. The fraction of sp³-hybridized carbons (Fsp3) is 0.409. The first-order valence-electron chi connectivity index (χ1n) is 10.6. The van der Waals surface area contributed by atoms with Crippen LogP contribution in [0.2, 0.25) is 5.02 Å². The summed E-state index contributed by atoms with van der Waals surface area (Å²) < 4.78 is 1.41. The van der Waals surface area contributed by atoms with Crippen molar-refractivity contribution >= 4 is 52.1 Å². The van der Waals surface area contributed by atoms with Gasteiger partial charge in [0.05, 0.1) is 16.7 Å². The molecule has 1 spiro atoms. The Labute approximate surface area is 199 Å². The number of urea groups is 1. The number of halogens is 1. The molecule has 1 aliphatic heterocycles. The molecule has 2 fully saturated rings. The van der Waals surface area contributed by atoms with Crippen molar-refractivity contribution in [3.8, 4) is 0 Å². The predicted molar refractivity (Wildman–Crippen MR) is 126 cm³/mol. The van der Waals surface area contributed by atoms with Crippen molar-refractivity contribution in [2.75, 3.05) is 5.75 Å². The van der Waals surface area contributed by atoms with Crippen molar-refractivity contribution in [3.05, 3.63) is 46.2 Å². The van der Waals surface area contributed by atoms with E-state index in [2.05, 4.69) is 29.2 Å². The van der Waals surface area contributed by atoms with Gasteiger partial charge in [0, 0.05) is 11.6 Å². The molecule has 2 N–H and O–H groups in total. The van der Waals surface area contributed by atoms with Gasteiger partial charge in [0.2, 0.25) is 5.91 Å². The van der Waals surface area contributed by atoms with E-state index in [1.165, 1.54) is 4.57 Å². The molecule has 0 unspecified atom stereocenters. The lowest BCUT2D eigenvalue weighted by Crippen LogP contribution is -2.51. The third-order valence-corrected chi connectivity index (χ3v) is 7.26. The predicted octanol–water partition coefficient (Wildman–Crippen LogP) is 2.86. The third-order valence-electron chi connectivity index (χ3n) is 6.05. The van der Waals surface area contributed by atoms with E-state index in [0.29, 0.717) is 39.8 Å². The monoisotopic (exact) mass is 489 g/mol. The molecule has 4 amide bonds. The van der Waals surface area contributed by atoms with Crippen molar-refractivity contribution < 1.29 is 14.4 Å². The highest BCUT2D eigenvalue weighted by Crippen LogP contribution is 2.35. The van der Waals surface area contributed by atoms with Crippen LogP contribution < -0.4 is 16.3 Å². The Kier molecular flexibility index (Phi) is 6.49. The topological polar surface area (TPSA) is 113 Å². The van der Waals surface area contributed by atoms with E-state index in [9.17, 15) is 19.2 Å². The van der Waals surface area contributed by atoms with Crippen LogP contribution in [0.3, 0.4) is 0 Å². The summed E-state index contributed by atoms with van der Waals surface area (Å²) in [4.78, 5) is 55.3. The van der Waals surface area contributed by atoms with Crippen molar-refractivity contribution in [2.24, 2.45) is 5.92 Å². The third kappa shape index (κ3) is 4.49. The van der Waals surface area contributed by atoms with Crippen LogP contribution in [0, 0.1) is 5.92 Å². The van der Waals surface area contributed by atoms with E-state index >= 15 is 0 Å². The van der Waals surface area contributed by atoms with Crippen LogP contribution in [0.25, 0.3) is 10.9 Å². The van der Waals surface area contributed by atoms with Crippen molar-refractivity contribution in [2.45, 2.75) is 49.8 Å². The average Bonchev–Trinajstić information content (AvgIpc) is 3.00.